The molecule has 1 aromatic rings. The monoisotopic (exact) mass is 450 g/mol. The lowest BCUT2D eigenvalue weighted by molar-refractivity contribution is -0.145. The number of unbranched alkanes of at least 4 members (excludes halogenated alkanes) is 3. The van der Waals surface area contributed by atoms with Crippen LogP contribution in [0.4, 0.5) is 13.2 Å². The topological polar surface area (TPSA) is 66.9 Å². The third-order valence-corrected chi connectivity index (χ3v) is 7.02. The summed E-state index contributed by atoms with van der Waals surface area (Å²) in [6.45, 7) is 3.08. The van der Waals surface area contributed by atoms with Gasteiger partial charge in [0.25, 0.3) is 0 Å². The van der Waals surface area contributed by atoms with E-state index in [-0.39, 0.29) is 18.8 Å². The highest BCUT2D eigenvalue weighted by atomic mass is 32.2. The minimum atomic E-state index is -4.47. The molecule has 0 aliphatic carbocycles. The van der Waals surface area contributed by atoms with E-state index in [9.17, 15) is 26.4 Å². The summed E-state index contributed by atoms with van der Waals surface area (Å²) in [6, 6.07) is 3.25. The highest BCUT2D eigenvalue weighted by Crippen LogP contribution is 2.29. The zero-order valence-electron chi connectivity index (χ0n) is 17.3. The van der Waals surface area contributed by atoms with Gasteiger partial charge < -0.3 is 9.64 Å². The predicted molar refractivity (Wildman–Crippen MR) is 107 cm³/mol. The Morgan fingerprint density at radius 1 is 1.17 bits per heavy atom. The van der Waals surface area contributed by atoms with E-state index in [1.165, 1.54) is 19.2 Å². The summed E-state index contributed by atoms with van der Waals surface area (Å²) in [5, 5.41) is 0. The second-order valence-corrected chi connectivity index (χ2v) is 9.50. The summed E-state index contributed by atoms with van der Waals surface area (Å²) >= 11 is 0. The van der Waals surface area contributed by atoms with E-state index in [1.807, 2.05) is 4.90 Å². The number of benzene rings is 1. The third-order valence-electron chi connectivity index (χ3n) is 5.22. The lowest BCUT2D eigenvalue weighted by Crippen LogP contribution is -2.48. The molecule has 1 aliphatic rings. The van der Waals surface area contributed by atoms with Crippen LogP contribution in [0.25, 0.3) is 0 Å². The Hall–Kier alpha value is -1.65. The van der Waals surface area contributed by atoms with Gasteiger partial charge in [0.2, 0.25) is 10.0 Å². The van der Waals surface area contributed by atoms with Crippen molar-refractivity contribution in [3.05, 3.63) is 35.4 Å². The highest BCUT2D eigenvalue weighted by Gasteiger charge is 2.39. The maximum Gasteiger partial charge on any atom is 0.416 e. The fraction of sp³-hybridized carbons (Fsp3) is 0.650. The van der Waals surface area contributed by atoms with Crippen LogP contribution in [0.5, 0.6) is 0 Å². The van der Waals surface area contributed by atoms with E-state index in [2.05, 4.69) is 6.92 Å². The smallest absolute Gasteiger partial charge is 0.416 e. The van der Waals surface area contributed by atoms with Gasteiger partial charge in [0.1, 0.15) is 6.04 Å². The number of ether oxygens (including phenoxy) is 1. The zero-order valence-corrected chi connectivity index (χ0v) is 18.1. The summed E-state index contributed by atoms with van der Waals surface area (Å²) in [6.07, 6.45) is -0.370. The Balaban J connectivity index is 2.22. The first-order valence-electron chi connectivity index (χ1n) is 10.0. The number of methoxy groups -OCH3 is 1. The van der Waals surface area contributed by atoms with E-state index in [1.54, 1.807) is 0 Å². The fourth-order valence-corrected chi connectivity index (χ4v) is 5.07. The average molecular weight is 451 g/mol. The SMILES string of the molecule is CCCCCCN1CCS(=O)(=O)N(Cc2ccc(C(F)(F)F)cc2)C(C(=O)OC)C1. The van der Waals surface area contributed by atoms with Crippen molar-refractivity contribution in [2.45, 2.75) is 51.4 Å². The Bertz CT molecular complexity index is 797. The van der Waals surface area contributed by atoms with Crippen LogP contribution < -0.4 is 0 Å². The van der Waals surface area contributed by atoms with Crippen molar-refractivity contribution in [1.82, 2.24) is 9.21 Å². The van der Waals surface area contributed by atoms with Gasteiger partial charge in [-0.3, -0.25) is 4.79 Å². The minimum Gasteiger partial charge on any atom is -0.468 e. The molecule has 6 nitrogen and oxygen atoms in total. The number of rotatable bonds is 8. The van der Waals surface area contributed by atoms with Gasteiger partial charge in [0.05, 0.1) is 18.4 Å². The van der Waals surface area contributed by atoms with Crippen molar-refractivity contribution < 1.29 is 31.1 Å². The van der Waals surface area contributed by atoms with Crippen molar-refractivity contribution in [2.24, 2.45) is 0 Å². The van der Waals surface area contributed by atoms with Gasteiger partial charge >= 0.3 is 12.1 Å². The van der Waals surface area contributed by atoms with Crippen molar-refractivity contribution in [1.29, 1.82) is 0 Å². The van der Waals surface area contributed by atoms with E-state index >= 15 is 0 Å². The van der Waals surface area contributed by atoms with Crippen LogP contribution in [0.15, 0.2) is 24.3 Å². The molecule has 0 amide bonds. The molecule has 1 unspecified atom stereocenters. The molecular weight excluding hydrogens is 421 g/mol. The molecule has 0 radical (unpaired) electrons. The molecular formula is C20H29F3N2O4S. The number of nitrogens with zero attached hydrogens (tertiary/aromatic N) is 2. The van der Waals surface area contributed by atoms with Gasteiger partial charge in [-0.2, -0.15) is 17.5 Å². The number of alkyl halides is 3. The zero-order chi connectivity index (χ0) is 22.4. The molecule has 0 saturated carbocycles. The molecule has 0 N–H and O–H groups in total. The largest absolute Gasteiger partial charge is 0.468 e. The molecule has 0 aromatic heterocycles. The maximum absolute atomic E-state index is 12.9. The van der Waals surface area contributed by atoms with Crippen molar-refractivity contribution in [3.8, 4) is 0 Å². The Morgan fingerprint density at radius 3 is 2.40 bits per heavy atom. The lowest BCUT2D eigenvalue weighted by Gasteiger charge is -2.28. The summed E-state index contributed by atoms with van der Waals surface area (Å²) in [5.74, 6) is -0.833. The Labute approximate surface area is 176 Å². The number of carbonyl (C=O) groups is 1. The quantitative estimate of drug-likeness (QED) is 0.449. The maximum atomic E-state index is 12.9. The summed E-state index contributed by atoms with van der Waals surface area (Å²) in [4.78, 5) is 14.4. The number of carbonyl (C=O) groups excluding carboxylic acids is 1. The average Bonchev–Trinajstić information content (AvgIpc) is 2.81. The van der Waals surface area contributed by atoms with Crippen molar-refractivity contribution in [2.75, 3.05) is 32.5 Å². The number of halogens is 3. The van der Waals surface area contributed by atoms with Gasteiger partial charge in [-0.05, 0) is 30.7 Å². The van der Waals surface area contributed by atoms with Crippen LogP contribution in [-0.2, 0) is 32.3 Å². The number of sulfonamides is 1. The van der Waals surface area contributed by atoms with Crippen molar-refractivity contribution in [3.63, 3.8) is 0 Å². The molecule has 1 aromatic carbocycles. The predicted octanol–water partition coefficient (Wildman–Crippen LogP) is 3.27. The van der Waals surface area contributed by atoms with Crippen LogP contribution in [-0.4, -0.2) is 62.1 Å². The number of esters is 1. The van der Waals surface area contributed by atoms with Crippen LogP contribution in [0.1, 0.15) is 43.7 Å². The van der Waals surface area contributed by atoms with E-state index in [0.29, 0.717) is 18.7 Å². The summed E-state index contributed by atoms with van der Waals surface area (Å²) in [5.41, 5.74) is -0.440. The van der Waals surface area contributed by atoms with Gasteiger partial charge in [-0.15, -0.1) is 0 Å². The van der Waals surface area contributed by atoms with E-state index in [0.717, 1.165) is 42.1 Å². The molecule has 1 saturated heterocycles. The molecule has 170 valence electrons. The molecule has 1 aliphatic heterocycles. The minimum absolute atomic E-state index is 0.158. The molecule has 1 heterocycles. The Kier molecular flexibility index (Phi) is 8.69. The normalized spacial score (nSPS) is 20.6. The second kappa shape index (κ2) is 10.6. The molecule has 30 heavy (non-hydrogen) atoms. The lowest BCUT2D eigenvalue weighted by atomic mass is 10.1. The molecule has 1 atom stereocenters. The molecule has 0 bridgehead atoms. The number of hydrogen-bond acceptors (Lipinski definition) is 5. The van der Waals surface area contributed by atoms with E-state index < -0.39 is 33.8 Å². The summed E-state index contributed by atoms with van der Waals surface area (Å²) < 4.78 is 70.1. The van der Waals surface area contributed by atoms with E-state index in [4.69, 9.17) is 4.74 Å². The van der Waals surface area contributed by atoms with Gasteiger partial charge in [0.15, 0.2) is 0 Å². The molecule has 10 heteroatoms. The standard InChI is InChI=1S/C20H29F3N2O4S/c1-3-4-5-6-11-24-12-13-30(27,28)25(18(15-24)19(26)29-2)14-16-7-9-17(10-8-16)20(21,22)23/h7-10,18H,3-6,11-15H2,1-2H3. The van der Waals surface area contributed by atoms with Gasteiger partial charge in [-0.25, -0.2) is 8.42 Å². The fourth-order valence-electron chi connectivity index (χ4n) is 3.46. The second-order valence-electron chi connectivity index (χ2n) is 7.46. The van der Waals surface area contributed by atoms with Gasteiger partial charge in [0, 0.05) is 19.6 Å². The third kappa shape index (κ3) is 6.68. The van der Waals surface area contributed by atoms with Crippen LogP contribution in [0.2, 0.25) is 0 Å². The highest BCUT2D eigenvalue weighted by molar-refractivity contribution is 7.89. The molecule has 2 rings (SSSR count). The van der Waals surface area contributed by atoms with Crippen LogP contribution >= 0.6 is 0 Å². The first-order valence-corrected chi connectivity index (χ1v) is 11.6. The van der Waals surface area contributed by atoms with Crippen molar-refractivity contribution >= 4 is 16.0 Å². The summed E-state index contributed by atoms with van der Waals surface area (Å²) in [7, 11) is -2.60. The number of hydrogen-bond donors (Lipinski definition) is 0. The first-order chi connectivity index (χ1) is 14.1. The Morgan fingerprint density at radius 2 is 1.83 bits per heavy atom. The molecule has 0 spiro atoms. The molecule has 1 fully saturated rings. The first kappa shape index (κ1) is 24.6. The van der Waals surface area contributed by atoms with Gasteiger partial charge in [-0.1, -0.05) is 38.3 Å². The van der Waals surface area contributed by atoms with Crippen LogP contribution in [0.3, 0.4) is 0 Å². The van der Waals surface area contributed by atoms with Crippen LogP contribution in [0, 0.1) is 0 Å².